The maximum atomic E-state index is 11.0. The fourth-order valence-corrected chi connectivity index (χ4v) is 2.02. The highest BCUT2D eigenvalue weighted by Gasteiger charge is 2.12. The van der Waals surface area contributed by atoms with Crippen LogP contribution in [0.3, 0.4) is 0 Å². The van der Waals surface area contributed by atoms with Crippen LogP contribution in [-0.2, 0) is 0 Å². The molecule has 4 nitrogen and oxygen atoms in total. The first-order valence-electron chi connectivity index (χ1n) is 5.81. The molecule has 0 aliphatic rings. The third-order valence-corrected chi connectivity index (χ3v) is 3.30. The molecule has 0 aliphatic carbocycles. The minimum absolute atomic E-state index is 0.166. The largest absolute Gasteiger partial charge is 0.497 e. The monoisotopic (exact) mass is 270 g/mol. The minimum Gasteiger partial charge on any atom is -0.497 e. The molecular formula is C13H18O4S. The average molecular weight is 270 g/mol. The second-order valence-electron chi connectivity index (χ2n) is 3.57. The van der Waals surface area contributed by atoms with Crippen LogP contribution in [0.5, 0.6) is 11.5 Å². The van der Waals surface area contributed by atoms with Crippen molar-refractivity contribution in [3.63, 3.8) is 0 Å². The number of rotatable bonds is 8. The van der Waals surface area contributed by atoms with E-state index in [1.165, 1.54) is 13.2 Å². The molecule has 0 saturated heterocycles. The predicted molar refractivity (Wildman–Crippen MR) is 73.1 cm³/mol. The Balaban J connectivity index is 2.63. The van der Waals surface area contributed by atoms with Gasteiger partial charge in [0.15, 0.2) is 0 Å². The molecule has 0 saturated carbocycles. The van der Waals surface area contributed by atoms with Crippen molar-refractivity contribution in [3.05, 3.63) is 23.8 Å². The highest BCUT2D eigenvalue weighted by Crippen LogP contribution is 2.25. The lowest BCUT2D eigenvalue weighted by atomic mass is 10.2. The first-order valence-corrected chi connectivity index (χ1v) is 6.96. The van der Waals surface area contributed by atoms with Crippen LogP contribution >= 0.6 is 11.8 Å². The van der Waals surface area contributed by atoms with E-state index >= 15 is 0 Å². The quantitative estimate of drug-likeness (QED) is 0.736. The third-order valence-electron chi connectivity index (χ3n) is 2.31. The van der Waals surface area contributed by atoms with Gasteiger partial charge in [0.25, 0.3) is 0 Å². The van der Waals surface area contributed by atoms with Crippen LogP contribution < -0.4 is 9.47 Å². The Kier molecular flexibility index (Phi) is 6.43. The van der Waals surface area contributed by atoms with Gasteiger partial charge in [-0.1, -0.05) is 6.92 Å². The van der Waals surface area contributed by atoms with E-state index in [1.54, 1.807) is 12.1 Å². The van der Waals surface area contributed by atoms with Gasteiger partial charge in [-0.15, -0.1) is 0 Å². The van der Waals surface area contributed by atoms with E-state index in [1.807, 2.05) is 11.8 Å². The van der Waals surface area contributed by atoms with Gasteiger partial charge in [0.1, 0.15) is 17.1 Å². The number of methoxy groups -OCH3 is 1. The average Bonchev–Trinajstić information content (AvgIpc) is 2.38. The zero-order chi connectivity index (χ0) is 13.4. The summed E-state index contributed by atoms with van der Waals surface area (Å²) in [5.74, 6) is 2.07. The van der Waals surface area contributed by atoms with Gasteiger partial charge in [0.05, 0.1) is 13.7 Å². The van der Waals surface area contributed by atoms with E-state index in [0.29, 0.717) is 18.1 Å². The summed E-state index contributed by atoms with van der Waals surface area (Å²) in [7, 11) is 1.54. The second-order valence-corrected chi connectivity index (χ2v) is 4.96. The molecule has 1 aromatic carbocycles. The molecule has 0 radical (unpaired) electrons. The van der Waals surface area contributed by atoms with Crippen molar-refractivity contribution in [2.45, 2.75) is 13.3 Å². The van der Waals surface area contributed by atoms with Crippen molar-refractivity contribution < 1.29 is 19.4 Å². The Bertz CT molecular complexity index is 393. The van der Waals surface area contributed by atoms with Gasteiger partial charge in [0, 0.05) is 6.07 Å². The molecule has 0 bridgehead atoms. The van der Waals surface area contributed by atoms with Crippen LogP contribution in [0, 0.1) is 0 Å². The Morgan fingerprint density at radius 2 is 2.22 bits per heavy atom. The molecular weight excluding hydrogens is 252 g/mol. The summed E-state index contributed by atoms with van der Waals surface area (Å²) >= 11 is 1.84. The molecule has 0 aromatic heterocycles. The van der Waals surface area contributed by atoms with Crippen molar-refractivity contribution in [1.82, 2.24) is 0 Å². The van der Waals surface area contributed by atoms with Crippen molar-refractivity contribution in [1.29, 1.82) is 0 Å². The lowest BCUT2D eigenvalue weighted by molar-refractivity contribution is 0.0692. The van der Waals surface area contributed by atoms with Crippen molar-refractivity contribution in [2.75, 3.05) is 25.2 Å². The Morgan fingerprint density at radius 1 is 1.44 bits per heavy atom. The fourth-order valence-electron chi connectivity index (χ4n) is 1.41. The lowest BCUT2D eigenvalue weighted by Gasteiger charge is -2.10. The summed E-state index contributed by atoms with van der Waals surface area (Å²) < 4.78 is 10.6. The van der Waals surface area contributed by atoms with Gasteiger partial charge in [-0.2, -0.15) is 11.8 Å². The van der Waals surface area contributed by atoms with Crippen LogP contribution in [0.4, 0.5) is 0 Å². The SMILES string of the molecule is CCSCCCOc1cc(OC)ccc1C(=O)O. The zero-order valence-corrected chi connectivity index (χ0v) is 11.5. The van der Waals surface area contributed by atoms with Crippen LogP contribution in [0.2, 0.25) is 0 Å². The molecule has 1 aromatic rings. The summed E-state index contributed by atoms with van der Waals surface area (Å²) in [6, 6.07) is 4.72. The van der Waals surface area contributed by atoms with Crippen molar-refractivity contribution >= 4 is 17.7 Å². The highest BCUT2D eigenvalue weighted by molar-refractivity contribution is 7.99. The molecule has 0 heterocycles. The molecule has 1 N–H and O–H groups in total. The van der Waals surface area contributed by atoms with E-state index < -0.39 is 5.97 Å². The summed E-state index contributed by atoms with van der Waals surface area (Å²) in [4.78, 5) is 11.0. The first-order chi connectivity index (χ1) is 8.69. The van der Waals surface area contributed by atoms with E-state index in [-0.39, 0.29) is 5.56 Å². The maximum absolute atomic E-state index is 11.0. The normalized spacial score (nSPS) is 10.1. The molecule has 1 rings (SSSR count). The van der Waals surface area contributed by atoms with Crippen molar-refractivity contribution in [2.24, 2.45) is 0 Å². The van der Waals surface area contributed by atoms with Gasteiger partial charge in [0.2, 0.25) is 0 Å². The fraction of sp³-hybridized carbons (Fsp3) is 0.462. The zero-order valence-electron chi connectivity index (χ0n) is 10.6. The predicted octanol–water partition coefficient (Wildman–Crippen LogP) is 2.92. The lowest BCUT2D eigenvalue weighted by Crippen LogP contribution is -2.05. The van der Waals surface area contributed by atoms with E-state index in [4.69, 9.17) is 14.6 Å². The number of thioether (sulfide) groups is 1. The van der Waals surface area contributed by atoms with Gasteiger partial charge in [-0.25, -0.2) is 4.79 Å². The van der Waals surface area contributed by atoms with Crippen LogP contribution in [0.15, 0.2) is 18.2 Å². The molecule has 0 atom stereocenters. The van der Waals surface area contributed by atoms with E-state index in [0.717, 1.165) is 17.9 Å². The smallest absolute Gasteiger partial charge is 0.339 e. The number of hydrogen-bond donors (Lipinski definition) is 1. The third kappa shape index (κ3) is 4.49. The molecule has 0 aliphatic heterocycles. The standard InChI is InChI=1S/C13H18O4S/c1-3-18-8-4-7-17-12-9-10(16-2)5-6-11(12)13(14)15/h5-6,9H,3-4,7-8H2,1-2H3,(H,14,15). The van der Waals surface area contributed by atoms with Gasteiger partial charge >= 0.3 is 5.97 Å². The van der Waals surface area contributed by atoms with Gasteiger partial charge in [-0.3, -0.25) is 0 Å². The van der Waals surface area contributed by atoms with Crippen LogP contribution in [0.1, 0.15) is 23.7 Å². The topological polar surface area (TPSA) is 55.8 Å². The molecule has 0 unspecified atom stereocenters. The maximum Gasteiger partial charge on any atom is 0.339 e. The summed E-state index contributed by atoms with van der Waals surface area (Å²) in [6.45, 7) is 2.62. The molecule has 5 heteroatoms. The number of hydrogen-bond acceptors (Lipinski definition) is 4. The minimum atomic E-state index is -0.990. The summed E-state index contributed by atoms with van der Waals surface area (Å²) in [5, 5.41) is 9.05. The second kappa shape index (κ2) is 7.87. The number of aromatic carboxylic acids is 1. The first kappa shape index (κ1) is 14.7. The summed E-state index contributed by atoms with van der Waals surface area (Å²) in [6.07, 6.45) is 0.898. The van der Waals surface area contributed by atoms with Crippen LogP contribution in [0.25, 0.3) is 0 Å². The summed E-state index contributed by atoms with van der Waals surface area (Å²) in [5.41, 5.74) is 0.166. The molecule has 0 amide bonds. The van der Waals surface area contributed by atoms with E-state index in [2.05, 4.69) is 6.92 Å². The Labute approximate surface area is 111 Å². The number of benzene rings is 1. The van der Waals surface area contributed by atoms with Gasteiger partial charge < -0.3 is 14.6 Å². The highest BCUT2D eigenvalue weighted by atomic mass is 32.2. The number of carbonyl (C=O) groups is 1. The van der Waals surface area contributed by atoms with E-state index in [9.17, 15) is 4.79 Å². The number of carboxylic acids is 1. The molecule has 0 fully saturated rings. The Morgan fingerprint density at radius 3 is 2.83 bits per heavy atom. The molecule has 0 spiro atoms. The van der Waals surface area contributed by atoms with Gasteiger partial charge in [-0.05, 0) is 30.1 Å². The van der Waals surface area contributed by atoms with Crippen LogP contribution in [-0.4, -0.2) is 36.3 Å². The van der Waals surface area contributed by atoms with Crippen molar-refractivity contribution in [3.8, 4) is 11.5 Å². The number of carboxylic acid groups (broad SMARTS) is 1. The molecule has 100 valence electrons. The Hall–Kier alpha value is -1.36. The number of ether oxygens (including phenoxy) is 2. The molecule has 18 heavy (non-hydrogen) atoms.